The topological polar surface area (TPSA) is 248 Å². The fourth-order valence-corrected chi connectivity index (χ4v) is 6.78. The molecule has 7 rings (SSSR count). The van der Waals surface area contributed by atoms with E-state index in [4.69, 9.17) is 24.3 Å². The Balaban J connectivity index is 1.17. The van der Waals surface area contributed by atoms with Crippen molar-refractivity contribution in [1.82, 2.24) is 39.0 Å². The molecule has 2 bridgehead atoms. The van der Waals surface area contributed by atoms with E-state index in [-0.39, 0.29) is 23.7 Å². The van der Waals surface area contributed by atoms with E-state index < -0.39 is 62.3 Å². The van der Waals surface area contributed by atoms with Gasteiger partial charge in [-0.1, -0.05) is 6.42 Å². The van der Waals surface area contributed by atoms with Gasteiger partial charge in [0.2, 0.25) is 5.95 Å². The maximum Gasteiger partial charge on any atom is 0.472 e. The van der Waals surface area contributed by atoms with Crippen molar-refractivity contribution in [3.8, 4) is 0 Å². The minimum atomic E-state index is -4.82. The number of hydrogen-bond acceptors (Lipinski definition) is 14. The minimum absolute atomic E-state index is 0.0357. The van der Waals surface area contributed by atoms with Gasteiger partial charge in [-0.2, -0.15) is 4.98 Å². The molecular formula is C22H26N9O9P. The standard InChI is InChI=1S/C22H26N9O9P/c23-22-28-18-13(19(34)29-22)27-8-31(18)21-16-15(33)11(38-21)3-1-2-9-12(5-37-41(35,36)40-16)39-20(14(9)32)30-7-26-10-4-24-6-25-17(10)30/h4,6-9,11-12,14-16,20-21,32-33H,1-3,5H2,(H,35,36)(H3,23,28,29,34)/t9-,11?,12-,14-,15-,16-,20-,21-/m1/s1. The number of anilines is 1. The summed E-state index contributed by atoms with van der Waals surface area (Å²) in [6.45, 7) is -0.382. The minimum Gasteiger partial charge on any atom is -0.388 e. The van der Waals surface area contributed by atoms with E-state index in [9.17, 15) is 24.5 Å². The van der Waals surface area contributed by atoms with Gasteiger partial charge in [0.25, 0.3) is 5.56 Å². The number of rotatable bonds is 2. The van der Waals surface area contributed by atoms with E-state index in [1.807, 2.05) is 0 Å². The Labute approximate surface area is 229 Å². The lowest BCUT2D eigenvalue weighted by Gasteiger charge is -2.26. The summed E-state index contributed by atoms with van der Waals surface area (Å²) >= 11 is 0. The molecule has 0 spiro atoms. The van der Waals surface area contributed by atoms with Crippen LogP contribution in [0.15, 0.2) is 30.0 Å². The Bertz CT molecular complexity index is 1710. The average Bonchev–Trinajstić information content (AvgIpc) is 3.68. The van der Waals surface area contributed by atoms with Crippen molar-refractivity contribution >= 4 is 36.1 Å². The SMILES string of the molecule is Nc1nc2c(ncn2[C@@H]2OC3CCC[C@H]4[C@@H](O)[C@H](n5cnc6cncnc65)O[C@@H]4COP(=O)(O)O[C@@H]2[C@@H]3O)c(=O)[nH]1. The Morgan fingerprint density at radius 3 is 2.66 bits per heavy atom. The number of hydrogen-bond donors (Lipinski definition) is 5. The van der Waals surface area contributed by atoms with Gasteiger partial charge in [0.15, 0.2) is 29.3 Å². The normalized spacial score (nSPS) is 36.3. The van der Waals surface area contributed by atoms with E-state index in [1.54, 1.807) is 4.57 Å². The third-order valence-corrected chi connectivity index (χ3v) is 8.74. The summed E-state index contributed by atoms with van der Waals surface area (Å²) in [4.78, 5) is 45.9. The van der Waals surface area contributed by atoms with Crippen LogP contribution in [0.3, 0.4) is 0 Å². The molecule has 3 fully saturated rings. The van der Waals surface area contributed by atoms with Crippen LogP contribution in [0.5, 0.6) is 0 Å². The summed E-state index contributed by atoms with van der Waals surface area (Å²) in [5.74, 6) is -0.668. The highest BCUT2D eigenvalue weighted by Crippen LogP contribution is 2.51. The van der Waals surface area contributed by atoms with Crippen LogP contribution in [0.25, 0.3) is 22.3 Å². The third kappa shape index (κ3) is 4.52. The predicted molar refractivity (Wildman–Crippen MR) is 136 cm³/mol. The van der Waals surface area contributed by atoms with Crippen LogP contribution in [-0.2, 0) is 23.1 Å². The molecular weight excluding hydrogens is 565 g/mol. The van der Waals surface area contributed by atoms with Gasteiger partial charge in [0, 0.05) is 5.92 Å². The van der Waals surface area contributed by atoms with Gasteiger partial charge in [0.1, 0.15) is 30.2 Å². The summed E-state index contributed by atoms with van der Waals surface area (Å²) in [6, 6.07) is 0. The smallest absolute Gasteiger partial charge is 0.388 e. The van der Waals surface area contributed by atoms with Crippen LogP contribution in [0.4, 0.5) is 5.95 Å². The maximum absolute atomic E-state index is 13.1. The van der Waals surface area contributed by atoms with Crippen molar-refractivity contribution in [1.29, 1.82) is 0 Å². The zero-order chi connectivity index (χ0) is 28.5. The molecule has 3 aliphatic rings. The fourth-order valence-electron chi connectivity index (χ4n) is 5.84. The molecule has 4 aromatic heterocycles. The Kier molecular flexibility index (Phi) is 6.40. The van der Waals surface area contributed by atoms with Crippen LogP contribution in [-0.4, -0.2) is 91.3 Å². The first-order valence-electron chi connectivity index (χ1n) is 12.9. The Morgan fingerprint density at radius 1 is 1.02 bits per heavy atom. The number of aromatic amines is 1. The van der Waals surface area contributed by atoms with Crippen molar-refractivity contribution in [2.75, 3.05) is 12.3 Å². The monoisotopic (exact) mass is 591 g/mol. The molecule has 3 aliphatic heterocycles. The van der Waals surface area contributed by atoms with Crippen LogP contribution < -0.4 is 11.3 Å². The van der Waals surface area contributed by atoms with Gasteiger partial charge < -0.3 is 30.3 Å². The number of ether oxygens (including phenoxy) is 2. The molecule has 0 aliphatic carbocycles. The zero-order valence-electron chi connectivity index (χ0n) is 21.2. The van der Waals surface area contributed by atoms with E-state index in [0.717, 1.165) is 0 Å². The quantitative estimate of drug-likeness (QED) is 0.182. The number of aliphatic hydroxyl groups excluding tert-OH is 2. The van der Waals surface area contributed by atoms with Gasteiger partial charge in [-0.3, -0.25) is 28.0 Å². The second-order valence-electron chi connectivity index (χ2n) is 10.2. The number of nitrogens with one attached hydrogen (secondary N) is 1. The molecule has 18 nitrogen and oxygen atoms in total. The Hall–Kier alpha value is -3.35. The first-order valence-corrected chi connectivity index (χ1v) is 14.4. The molecule has 0 amide bonds. The van der Waals surface area contributed by atoms with Gasteiger partial charge in [0.05, 0.1) is 37.7 Å². The highest BCUT2D eigenvalue weighted by atomic mass is 31.2. The average molecular weight is 591 g/mol. The number of phosphoric ester groups is 1. The van der Waals surface area contributed by atoms with Gasteiger partial charge >= 0.3 is 7.82 Å². The number of imidazole rings is 2. The molecule has 7 heterocycles. The number of nitrogens with two attached hydrogens (primary N) is 1. The number of aromatic nitrogens is 8. The second kappa shape index (κ2) is 9.88. The van der Waals surface area contributed by atoms with Gasteiger partial charge in [-0.25, -0.2) is 24.5 Å². The number of phosphoric acid groups is 1. The molecule has 0 saturated carbocycles. The summed E-state index contributed by atoms with van der Waals surface area (Å²) in [5, 5.41) is 22.4. The van der Waals surface area contributed by atoms with Crippen molar-refractivity contribution in [2.45, 2.75) is 62.2 Å². The van der Waals surface area contributed by atoms with Crippen molar-refractivity contribution in [2.24, 2.45) is 5.92 Å². The fraction of sp³-hybridized carbons (Fsp3) is 0.545. The lowest BCUT2D eigenvalue weighted by atomic mass is 9.91. The number of nitrogens with zero attached hydrogens (tertiary/aromatic N) is 7. The molecule has 4 aromatic rings. The summed E-state index contributed by atoms with van der Waals surface area (Å²) in [7, 11) is -4.82. The molecule has 41 heavy (non-hydrogen) atoms. The lowest BCUT2D eigenvalue weighted by Crippen LogP contribution is -2.35. The molecule has 0 aromatic carbocycles. The van der Waals surface area contributed by atoms with E-state index in [2.05, 4.69) is 29.9 Å². The molecule has 0 radical (unpaired) electrons. The van der Waals surface area contributed by atoms with Gasteiger partial charge in [-0.15, -0.1) is 0 Å². The van der Waals surface area contributed by atoms with Gasteiger partial charge in [-0.05, 0) is 12.8 Å². The highest BCUT2D eigenvalue weighted by molar-refractivity contribution is 7.47. The number of H-pyrrole nitrogens is 1. The number of aliphatic hydroxyl groups is 2. The molecule has 218 valence electrons. The van der Waals surface area contributed by atoms with Crippen molar-refractivity contribution in [3.05, 3.63) is 35.5 Å². The summed E-state index contributed by atoms with van der Waals surface area (Å²) < 4.78 is 39.0. The van der Waals surface area contributed by atoms with E-state index in [1.165, 1.54) is 29.7 Å². The van der Waals surface area contributed by atoms with Crippen molar-refractivity contribution < 1.29 is 38.2 Å². The molecule has 9 atom stereocenters. The van der Waals surface area contributed by atoms with Crippen molar-refractivity contribution in [3.63, 3.8) is 0 Å². The summed E-state index contributed by atoms with van der Waals surface area (Å²) in [6.07, 6.45) is -0.535. The van der Waals surface area contributed by atoms with E-state index >= 15 is 0 Å². The van der Waals surface area contributed by atoms with Crippen LogP contribution in [0, 0.1) is 5.92 Å². The maximum atomic E-state index is 13.1. The lowest BCUT2D eigenvalue weighted by molar-refractivity contribution is -0.0568. The predicted octanol–water partition coefficient (Wildman–Crippen LogP) is -0.639. The van der Waals surface area contributed by atoms with E-state index in [0.29, 0.717) is 30.4 Å². The Morgan fingerprint density at radius 2 is 1.80 bits per heavy atom. The molecule has 6 N–H and O–H groups in total. The number of fused-ring (bicyclic) bond motifs is 5. The molecule has 19 heteroatoms. The third-order valence-electron chi connectivity index (χ3n) is 7.76. The number of nitrogen functional groups attached to an aromatic ring is 1. The first kappa shape index (κ1) is 26.5. The van der Waals surface area contributed by atoms with Crippen LogP contribution >= 0.6 is 7.82 Å². The largest absolute Gasteiger partial charge is 0.472 e. The highest BCUT2D eigenvalue weighted by Gasteiger charge is 2.51. The van der Waals surface area contributed by atoms with Crippen LogP contribution in [0.1, 0.15) is 31.7 Å². The molecule has 2 unspecified atom stereocenters. The van der Waals surface area contributed by atoms with Crippen LogP contribution in [0.2, 0.25) is 0 Å². The molecule has 3 saturated heterocycles. The zero-order valence-corrected chi connectivity index (χ0v) is 22.1. The first-order chi connectivity index (χ1) is 19.7. The summed E-state index contributed by atoms with van der Waals surface area (Å²) in [5.41, 5.74) is 6.11. The second-order valence-corrected chi connectivity index (χ2v) is 11.6.